The molecule has 1 fully saturated rings. The van der Waals surface area contributed by atoms with Gasteiger partial charge >= 0.3 is 0 Å². The van der Waals surface area contributed by atoms with Gasteiger partial charge < -0.3 is 10.6 Å². The first-order valence-electron chi connectivity index (χ1n) is 6.38. The van der Waals surface area contributed by atoms with Crippen LogP contribution in [0, 0.1) is 18.8 Å². The molecule has 2 N–H and O–H groups in total. The first-order chi connectivity index (χ1) is 9.11. The van der Waals surface area contributed by atoms with Crippen molar-refractivity contribution in [1.82, 2.24) is 5.32 Å². The molecule has 1 aliphatic carbocycles. The zero-order valence-corrected chi connectivity index (χ0v) is 11.0. The van der Waals surface area contributed by atoms with Gasteiger partial charge in [0.15, 0.2) is 0 Å². The molecule has 1 aliphatic rings. The minimum atomic E-state index is -0.203. The highest BCUT2D eigenvalue weighted by atomic mass is 16.2. The number of hydrogen-bond acceptors (Lipinski definition) is 2. The number of anilines is 1. The van der Waals surface area contributed by atoms with Crippen LogP contribution in [0.4, 0.5) is 5.69 Å². The van der Waals surface area contributed by atoms with E-state index in [1.807, 2.05) is 31.2 Å². The standard InChI is InChI=1S/C15H18N2O2/c1-3-7-16-14(18)12-9-13(12)15(19)17-11-6-4-5-10(2)8-11/h3-6,8,12-13H,1,7,9H2,2H3,(H,16,18)(H,17,19). The summed E-state index contributed by atoms with van der Waals surface area (Å²) in [6.07, 6.45) is 2.25. The Morgan fingerprint density at radius 1 is 1.37 bits per heavy atom. The molecule has 0 aromatic heterocycles. The van der Waals surface area contributed by atoms with Crippen LogP contribution in [0.15, 0.2) is 36.9 Å². The number of carbonyl (C=O) groups is 2. The highest BCUT2D eigenvalue weighted by Gasteiger charge is 2.47. The summed E-state index contributed by atoms with van der Waals surface area (Å²) >= 11 is 0. The lowest BCUT2D eigenvalue weighted by Gasteiger charge is -2.05. The average Bonchev–Trinajstić information content (AvgIpc) is 3.16. The average molecular weight is 258 g/mol. The molecular weight excluding hydrogens is 240 g/mol. The smallest absolute Gasteiger partial charge is 0.228 e. The fourth-order valence-electron chi connectivity index (χ4n) is 2.04. The van der Waals surface area contributed by atoms with E-state index in [0.29, 0.717) is 13.0 Å². The molecule has 2 unspecified atom stereocenters. The van der Waals surface area contributed by atoms with E-state index >= 15 is 0 Å². The predicted octanol–water partition coefficient (Wildman–Crippen LogP) is 1.87. The minimum absolute atomic E-state index is 0.0655. The molecule has 4 nitrogen and oxygen atoms in total. The second-order valence-corrected chi connectivity index (χ2v) is 4.84. The molecule has 4 heteroatoms. The third kappa shape index (κ3) is 3.44. The quantitative estimate of drug-likeness (QED) is 0.792. The fourth-order valence-corrected chi connectivity index (χ4v) is 2.04. The number of benzene rings is 1. The van der Waals surface area contributed by atoms with Gasteiger partial charge in [-0.25, -0.2) is 0 Å². The highest BCUT2D eigenvalue weighted by Crippen LogP contribution is 2.39. The maximum Gasteiger partial charge on any atom is 0.228 e. The predicted molar refractivity (Wildman–Crippen MR) is 74.6 cm³/mol. The monoisotopic (exact) mass is 258 g/mol. The van der Waals surface area contributed by atoms with Crippen LogP contribution in [0.1, 0.15) is 12.0 Å². The Kier molecular flexibility index (Phi) is 4.00. The first-order valence-corrected chi connectivity index (χ1v) is 6.38. The molecule has 0 spiro atoms. The van der Waals surface area contributed by atoms with Crippen molar-refractivity contribution in [2.24, 2.45) is 11.8 Å². The Bertz CT molecular complexity index is 511. The molecule has 0 radical (unpaired) electrons. The zero-order valence-electron chi connectivity index (χ0n) is 11.0. The van der Waals surface area contributed by atoms with Crippen molar-refractivity contribution in [3.8, 4) is 0 Å². The van der Waals surface area contributed by atoms with Gasteiger partial charge in [-0.05, 0) is 31.0 Å². The molecule has 2 amide bonds. The van der Waals surface area contributed by atoms with Crippen molar-refractivity contribution in [3.63, 3.8) is 0 Å². The summed E-state index contributed by atoms with van der Waals surface area (Å²) in [6.45, 7) is 5.95. The van der Waals surface area contributed by atoms with E-state index in [4.69, 9.17) is 0 Å². The topological polar surface area (TPSA) is 58.2 Å². The lowest BCUT2D eigenvalue weighted by atomic mass is 10.2. The molecule has 1 aromatic carbocycles. The van der Waals surface area contributed by atoms with E-state index in [-0.39, 0.29) is 23.7 Å². The van der Waals surface area contributed by atoms with Gasteiger partial charge in [-0.1, -0.05) is 18.2 Å². The van der Waals surface area contributed by atoms with Gasteiger partial charge in [-0.2, -0.15) is 0 Å². The van der Waals surface area contributed by atoms with Crippen LogP contribution in [0.3, 0.4) is 0 Å². The van der Waals surface area contributed by atoms with Crippen LogP contribution in [-0.2, 0) is 9.59 Å². The van der Waals surface area contributed by atoms with Crippen molar-refractivity contribution < 1.29 is 9.59 Å². The van der Waals surface area contributed by atoms with E-state index in [1.54, 1.807) is 6.08 Å². The van der Waals surface area contributed by atoms with Crippen molar-refractivity contribution in [3.05, 3.63) is 42.5 Å². The van der Waals surface area contributed by atoms with Crippen LogP contribution in [0.2, 0.25) is 0 Å². The Labute approximate surface area is 112 Å². The number of hydrogen-bond donors (Lipinski definition) is 2. The van der Waals surface area contributed by atoms with Crippen molar-refractivity contribution >= 4 is 17.5 Å². The normalized spacial score (nSPS) is 20.5. The fraction of sp³-hybridized carbons (Fsp3) is 0.333. The van der Waals surface area contributed by atoms with Crippen LogP contribution >= 0.6 is 0 Å². The summed E-state index contributed by atoms with van der Waals surface area (Å²) in [6, 6.07) is 7.62. The van der Waals surface area contributed by atoms with Gasteiger partial charge in [0.1, 0.15) is 0 Å². The molecule has 0 heterocycles. The first kappa shape index (κ1) is 13.3. The van der Waals surface area contributed by atoms with Gasteiger partial charge in [0.25, 0.3) is 0 Å². The molecule has 19 heavy (non-hydrogen) atoms. The Morgan fingerprint density at radius 2 is 2.11 bits per heavy atom. The van der Waals surface area contributed by atoms with Crippen LogP contribution in [0.5, 0.6) is 0 Å². The molecule has 0 saturated heterocycles. The van der Waals surface area contributed by atoms with Crippen molar-refractivity contribution in [2.75, 3.05) is 11.9 Å². The number of rotatable bonds is 5. The Hall–Kier alpha value is -2.10. The Balaban J connectivity index is 1.86. The van der Waals surface area contributed by atoms with Crippen LogP contribution in [0.25, 0.3) is 0 Å². The number of amides is 2. The summed E-state index contributed by atoms with van der Waals surface area (Å²) < 4.78 is 0. The van der Waals surface area contributed by atoms with Crippen LogP contribution in [-0.4, -0.2) is 18.4 Å². The molecule has 1 saturated carbocycles. The van der Waals surface area contributed by atoms with Crippen LogP contribution < -0.4 is 10.6 Å². The van der Waals surface area contributed by atoms with Gasteiger partial charge in [-0.15, -0.1) is 6.58 Å². The van der Waals surface area contributed by atoms with Gasteiger partial charge in [0.05, 0.1) is 11.8 Å². The number of nitrogens with one attached hydrogen (secondary N) is 2. The second kappa shape index (κ2) is 5.69. The minimum Gasteiger partial charge on any atom is -0.352 e. The molecule has 2 atom stereocenters. The van der Waals surface area contributed by atoms with E-state index in [9.17, 15) is 9.59 Å². The number of aryl methyl sites for hydroxylation is 1. The maximum absolute atomic E-state index is 12.0. The zero-order chi connectivity index (χ0) is 13.8. The molecule has 2 rings (SSSR count). The lowest BCUT2D eigenvalue weighted by Crippen LogP contribution is -2.27. The largest absolute Gasteiger partial charge is 0.352 e. The van der Waals surface area contributed by atoms with Crippen molar-refractivity contribution in [2.45, 2.75) is 13.3 Å². The third-order valence-electron chi connectivity index (χ3n) is 3.17. The second-order valence-electron chi connectivity index (χ2n) is 4.84. The summed E-state index contributed by atoms with van der Waals surface area (Å²) in [7, 11) is 0. The van der Waals surface area contributed by atoms with Gasteiger partial charge in [0.2, 0.25) is 11.8 Å². The molecule has 100 valence electrons. The summed E-state index contributed by atoms with van der Waals surface area (Å²) in [5.74, 6) is -0.538. The molecule has 0 bridgehead atoms. The van der Waals surface area contributed by atoms with Gasteiger partial charge in [-0.3, -0.25) is 9.59 Å². The molecule has 0 aliphatic heterocycles. The lowest BCUT2D eigenvalue weighted by molar-refractivity contribution is -0.125. The van der Waals surface area contributed by atoms with Crippen molar-refractivity contribution in [1.29, 1.82) is 0 Å². The van der Waals surface area contributed by atoms with E-state index in [0.717, 1.165) is 11.3 Å². The van der Waals surface area contributed by atoms with E-state index in [2.05, 4.69) is 17.2 Å². The number of carbonyl (C=O) groups excluding carboxylic acids is 2. The van der Waals surface area contributed by atoms with Gasteiger partial charge in [0, 0.05) is 12.2 Å². The summed E-state index contributed by atoms with van der Waals surface area (Å²) in [5.41, 5.74) is 1.87. The van der Waals surface area contributed by atoms with E-state index in [1.165, 1.54) is 0 Å². The summed E-state index contributed by atoms with van der Waals surface area (Å²) in [4.78, 5) is 23.6. The van der Waals surface area contributed by atoms with E-state index < -0.39 is 0 Å². The molecular formula is C15H18N2O2. The third-order valence-corrected chi connectivity index (χ3v) is 3.17. The SMILES string of the molecule is C=CCNC(=O)C1CC1C(=O)Nc1cccc(C)c1. The Morgan fingerprint density at radius 3 is 2.79 bits per heavy atom. The maximum atomic E-state index is 12.0. The summed E-state index contributed by atoms with van der Waals surface area (Å²) in [5, 5.41) is 5.56. The highest BCUT2D eigenvalue weighted by molar-refractivity contribution is 5.99. The molecule has 1 aromatic rings.